The number of rotatable bonds is 4. The number of nitrogens with two attached hydrogens (primary N) is 1. The molecule has 20 heavy (non-hydrogen) atoms. The van der Waals surface area contributed by atoms with Gasteiger partial charge >= 0.3 is 0 Å². The zero-order valence-corrected chi connectivity index (χ0v) is 13.2. The van der Waals surface area contributed by atoms with Crippen LogP contribution in [0.15, 0.2) is 0 Å². The molecule has 0 bridgehead atoms. The number of nitrogens with one attached hydrogen (secondary N) is 1. The summed E-state index contributed by atoms with van der Waals surface area (Å²) in [7, 11) is 0. The third-order valence-corrected chi connectivity index (χ3v) is 5.38. The van der Waals surface area contributed by atoms with E-state index in [2.05, 4.69) is 19.2 Å². The molecule has 5 unspecified atom stereocenters. The van der Waals surface area contributed by atoms with Gasteiger partial charge in [0.25, 0.3) is 0 Å². The van der Waals surface area contributed by atoms with E-state index in [1.807, 2.05) is 0 Å². The number of carbonyl (C=O) groups is 1. The Morgan fingerprint density at radius 2 is 1.95 bits per heavy atom. The van der Waals surface area contributed by atoms with Crippen LogP contribution < -0.4 is 11.1 Å². The second-order valence-corrected chi connectivity index (χ2v) is 7.40. The first-order valence-electron chi connectivity index (χ1n) is 8.59. The highest BCUT2D eigenvalue weighted by atomic mass is 16.1. The summed E-state index contributed by atoms with van der Waals surface area (Å²) in [5, 5.41) is 3.27. The van der Waals surface area contributed by atoms with Crippen molar-refractivity contribution in [1.29, 1.82) is 0 Å². The van der Waals surface area contributed by atoms with Gasteiger partial charge in [-0.05, 0) is 56.3 Å². The Morgan fingerprint density at radius 1 is 1.15 bits per heavy atom. The van der Waals surface area contributed by atoms with Crippen molar-refractivity contribution in [3.63, 3.8) is 0 Å². The van der Waals surface area contributed by atoms with Crippen molar-refractivity contribution in [2.24, 2.45) is 23.5 Å². The lowest BCUT2D eigenvalue weighted by atomic mass is 9.79. The van der Waals surface area contributed by atoms with E-state index >= 15 is 0 Å². The van der Waals surface area contributed by atoms with Crippen molar-refractivity contribution < 1.29 is 4.79 Å². The van der Waals surface area contributed by atoms with Crippen LogP contribution in [0.2, 0.25) is 0 Å². The van der Waals surface area contributed by atoms with E-state index in [0.717, 1.165) is 25.2 Å². The van der Waals surface area contributed by atoms with Crippen molar-refractivity contribution in [1.82, 2.24) is 5.32 Å². The molecule has 0 heterocycles. The van der Waals surface area contributed by atoms with Crippen LogP contribution in [-0.2, 0) is 4.79 Å². The van der Waals surface area contributed by atoms with Gasteiger partial charge in [-0.1, -0.05) is 26.7 Å². The highest BCUT2D eigenvalue weighted by Crippen LogP contribution is 2.29. The molecule has 5 atom stereocenters. The lowest BCUT2D eigenvalue weighted by Crippen LogP contribution is -2.42. The fraction of sp³-hybridized carbons (Fsp3) is 0.941. The first-order chi connectivity index (χ1) is 9.54. The van der Waals surface area contributed by atoms with Gasteiger partial charge in [-0.15, -0.1) is 0 Å². The second kappa shape index (κ2) is 7.44. The fourth-order valence-electron chi connectivity index (χ4n) is 4.09. The van der Waals surface area contributed by atoms with Crippen molar-refractivity contribution in [2.45, 2.75) is 83.7 Å². The van der Waals surface area contributed by atoms with Gasteiger partial charge in [0.1, 0.15) is 0 Å². The van der Waals surface area contributed by atoms with Gasteiger partial charge in [0, 0.05) is 18.5 Å². The van der Waals surface area contributed by atoms with Crippen LogP contribution >= 0.6 is 0 Å². The van der Waals surface area contributed by atoms with Gasteiger partial charge < -0.3 is 11.1 Å². The van der Waals surface area contributed by atoms with Gasteiger partial charge in [0.15, 0.2) is 0 Å². The monoisotopic (exact) mass is 280 g/mol. The maximum atomic E-state index is 12.1. The van der Waals surface area contributed by atoms with E-state index in [0.29, 0.717) is 30.3 Å². The number of carbonyl (C=O) groups excluding carboxylic acids is 1. The summed E-state index contributed by atoms with van der Waals surface area (Å²) >= 11 is 0. The summed E-state index contributed by atoms with van der Waals surface area (Å²) in [6.07, 6.45) is 10.2. The Bertz CT molecular complexity index is 318. The van der Waals surface area contributed by atoms with Crippen molar-refractivity contribution >= 4 is 5.91 Å². The zero-order valence-electron chi connectivity index (χ0n) is 13.2. The zero-order chi connectivity index (χ0) is 14.5. The van der Waals surface area contributed by atoms with Gasteiger partial charge in [0.2, 0.25) is 5.91 Å². The van der Waals surface area contributed by atoms with Crippen molar-refractivity contribution in [3.05, 3.63) is 0 Å². The molecule has 0 aromatic heterocycles. The molecule has 0 aliphatic heterocycles. The smallest absolute Gasteiger partial charge is 0.220 e. The lowest BCUT2D eigenvalue weighted by Gasteiger charge is -2.33. The van der Waals surface area contributed by atoms with E-state index in [-0.39, 0.29) is 5.91 Å². The van der Waals surface area contributed by atoms with E-state index in [4.69, 9.17) is 5.73 Å². The van der Waals surface area contributed by atoms with Gasteiger partial charge in [-0.2, -0.15) is 0 Å². The Morgan fingerprint density at radius 3 is 2.65 bits per heavy atom. The molecule has 0 aromatic rings. The molecule has 2 aliphatic carbocycles. The normalized spacial score (nSPS) is 38.5. The van der Waals surface area contributed by atoms with Crippen LogP contribution in [0.1, 0.15) is 71.6 Å². The van der Waals surface area contributed by atoms with Gasteiger partial charge in [-0.25, -0.2) is 0 Å². The predicted molar refractivity (Wildman–Crippen MR) is 83.3 cm³/mol. The maximum absolute atomic E-state index is 12.1. The molecule has 2 fully saturated rings. The van der Waals surface area contributed by atoms with E-state index in [9.17, 15) is 4.79 Å². The molecular weight excluding hydrogens is 248 g/mol. The highest BCUT2D eigenvalue weighted by molar-refractivity contribution is 5.76. The first-order valence-corrected chi connectivity index (χ1v) is 8.59. The summed E-state index contributed by atoms with van der Waals surface area (Å²) < 4.78 is 0. The minimum Gasteiger partial charge on any atom is -0.353 e. The summed E-state index contributed by atoms with van der Waals surface area (Å²) in [6, 6.07) is 0.781. The minimum absolute atomic E-state index is 0.260. The quantitative estimate of drug-likeness (QED) is 0.830. The van der Waals surface area contributed by atoms with E-state index < -0.39 is 0 Å². The van der Waals surface area contributed by atoms with Crippen LogP contribution in [0.3, 0.4) is 0 Å². The molecule has 0 spiro atoms. The molecule has 3 heteroatoms. The summed E-state index contributed by atoms with van der Waals surface area (Å²) in [6.45, 7) is 4.60. The molecular formula is C17H32N2O. The average Bonchev–Trinajstić information content (AvgIpc) is 2.40. The number of hydrogen-bond donors (Lipinski definition) is 2. The first kappa shape index (κ1) is 15.8. The summed E-state index contributed by atoms with van der Waals surface area (Å²) in [5.74, 6) is 2.39. The van der Waals surface area contributed by atoms with Gasteiger partial charge in [0.05, 0.1) is 0 Å². The second-order valence-electron chi connectivity index (χ2n) is 7.40. The van der Waals surface area contributed by atoms with Crippen molar-refractivity contribution in [3.8, 4) is 0 Å². The molecule has 0 radical (unpaired) electrons. The predicted octanol–water partition coefficient (Wildman–Crippen LogP) is 3.23. The third-order valence-electron chi connectivity index (χ3n) is 5.38. The Kier molecular flexibility index (Phi) is 5.88. The minimum atomic E-state index is 0.260. The SMILES string of the molecule is CC1CCC(NC(=O)CCC2CCCC(N)C2)C(C)C1. The van der Waals surface area contributed by atoms with Crippen LogP contribution in [0.5, 0.6) is 0 Å². The van der Waals surface area contributed by atoms with E-state index in [1.165, 1.54) is 32.1 Å². The Balaban J connectivity index is 1.67. The molecule has 2 aliphatic rings. The van der Waals surface area contributed by atoms with Gasteiger partial charge in [-0.3, -0.25) is 4.79 Å². The Labute approximate surface area is 124 Å². The molecule has 1 amide bonds. The summed E-state index contributed by atoms with van der Waals surface area (Å²) in [4.78, 5) is 12.1. The fourth-order valence-corrected chi connectivity index (χ4v) is 4.09. The number of amides is 1. The molecule has 2 saturated carbocycles. The third kappa shape index (κ3) is 4.76. The van der Waals surface area contributed by atoms with Crippen molar-refractivity contribution in [2.75, 3.05) is 0 Å². The molecule has 3 N–H and O–H groups in total. The van der Waals surface area contributed by atoms with Crippen LogP contribution in [0.25, 0.3) is 0 Å². The number of hydrogen-bond acceptors (Lipinski definition) is 2. The topological polar surface area (TPSA) is 55.1 Å². The standard InChI is InChI=1S/C17H32N2O/c1-12-6-8-16(13(2)10-12)19-17(20)9-7-14-4-3-5-15(18)11-14/h12-16H,3-11,18H2,1-2H3,(H,19,20). The lowest BCUT2D eigenvalue weighted by molar-refractivity contribution is -0.122. The largest absolute Gasteiger partial charge is 0.353 e. The summed E-state index contributed by atoms with van der Waals surface area (Å²) in [5.41, 5.74) is 6.01. The molecule has 3 nitrogen and oxygen atoms in total. The highest BCUT2D eigenvalue weighted by Gasteiger charge is 2.27. The maximum Gasteiger partial charge on any atom is 0.220 e. The molecule has 0 aromatic carbocycles. The average molecular weight is 280 g/mol. The Hall–Kier alpha value is -0.570. The van der Waals surface area contributed by atoms with Crippen LogP contribution in [0.4, 0.5) is 0 Å². The molecule has 116 valence electrons. The van der Waals surface area contributed by atoms with Crippen LogP contribution in [-0.4, -0.2) is 18.0 Å². The molecule has 2 rings (SSSR count). The molecule has 0 saturated heterocycles. The van der Waals surface area contributed by atoms with E-state index in [1.54, 1.807) is 0 Å². The van der Waals surface area contributed by atoms with Crippen LogP contribution in [0, 0.1) is 17.8 Å².